The van der Waals surface area contributed by atoms with Crippen molar-refractivity contribution in [3.63, 3.8) is 0 Å². The summed E-state index contributed by atoms with van der Waals surface area (Å²) < 4.78 is 0. The molecule has 1 aromatic carbocycles. The summed E-state index contributed by atoms with van der Waals surface area (Å²) in [5.74, 6) is 2.80. The van der Waals surface area contributed by atoms with E-state index in [9.17, 15) is 5.11 Å². The van der Waals surface area contributed by atoms with E-state index in [1.807, 2.05) is 19.1 Å². The van der Waals surface area contributed by atoms with Crippen molar-refractivity contribution in [1.29, 1.82) is 0 Å². The van der Waals surface area contributed by atoms with E-state index in [1.165, 1.54) is 12.8 Å². The van der Waals surface area contributed by atoms with Gasteiger partial charge in [-0.3, -0.25) is 0 Å². The lowest BCUT2D eigenvalue weighted by molar-refractivity contribution is 0.469. The number of phenolic OH excluding ortho intramolecular Hbond substituents is 1. The lowest BCUT2D eigenvalue weighted by atomic mass is 9.93. The first kappa shape index (κ1) is 10.7. The molecule has 1 aromatic rings. The third kappa shape index (κ3) is 2.04. The van der Waals surface area contributed by atoms with E-state index < -0.39 is 0 Å². The van der Waals surface area contributed by atoms with Gasteiger partial charge < -0.3 is 10.4 Å². The van der Waals surface area contributed by atoms with Crippen molar-refractivity contribution in [2.75, 3.05) is 11.9 Å². The lowest BCUT2D eigenvalue weighted by Crippen LogP contribution is -2.18. The highest BCUT2D eigenvalue weighted by atomic mass is 16.3. The first-order valence-corrected chi connectivity index (χ1v) is 6.44. The zero-order chi connectivity index (χ0) is 11.8. The number of allylic oxidation sites excluding steroid dienone is 2. The summed E-state index contributed by atoms with van der Waals surface area (Å²) in [4.78, 5) is 0. The van der Waals surface area contributed by atoms with Crippen LogP contribution in [0.4, 0.5) is 5.69 Å². The van der Waals surface area contributed by atoms with Gasteiger partial charge >= 0.3 is 0 Å². The third-order valence-electron chi connectivity index (χ3n) is 4.18. The summed E-state index contributed by atoms with van der Waals surface area (Å²) in [6.45, 7) is 2.98. The van der Waals surface area contributed by atoms with E-state index in [-0.39, 0.29) is 0 Å². The molecule has 3 unspecified atom stereocenters. The number of benzene rings is 1. The Morgan fingerprint density at radius 1 is 1.29 bits per heavy atom. The number of aryl methyl sites for hydroxylation is 1. The van der Waals surface area contributed by atoms with Crippen molar-refractivity contribution in [3.05, 3.63) is 35.9 Å². The number of aromatic hydroxyl groups is 1. The van der Waals surface area contributed by atoms with Gasteiger partial charge in [0, 0.05) is 12.2 Å². The summed E-state index contributed by atoms with van der Waals surface area (Å²) in [5, 5.41) is 13.0. The monoisotopic (exact) mass is 229 g/mol. The van der Waals surface area contributed by atoms with Crippen LogP contribution in [-0.4, -0.2) is 11.7 Å². The summed E-state index contributed by atoms with van der Waals surface area (Å²) in [6.07, 6.45) is 7.47. The number of hydrogen-bond acceptors (Lipinski definition) is 2. The van der Waals surface area contributed by atoms with Gasteiger partial charge in [-0.15, -0.1) is 0 Å². The molecule has 2 aliphatic carbocycles. The first-order chi connectivity index (χ1) is 8.22. The quantitative estimate of drug-likeness (QED) is 0.615. The molecule has 0 aromatic heterocycles. The van der Waals surface area contributed by atoms with Gasteiger partial charge in [-0.25, -0.2) is 0 Å². The predicted molar refractivity (Wildman–Crippen MR) is 70.2 cm³/mol. The Labute approximate surface area is 102 Å². The first-order valence-electron chi connectivity index (χ1n) is 6.44. The fourth-order valence-electron chi connectivity index (χ4n) is 3.14. The molecule has 90 valence electrons. The maximum absolute atomic E-state index is 9.47. The van der Waals surface area contributed by atoms with Gasteiger partial charge in [-0.05, 0) is 61.3 Å². The highest BCUT2D eigenvalue weighted by Crippen LogP contribution is 2.43. The van der Waals surface area contributed by atoms with Crippen molar-refractivity contribution in [1.82, 2.24) is 0 Å². The molecule has 0 aliphatic heterocycles. The second kappa shape index (κ2) is 4.10. The molecular weight excluding hydrogens is 210 g/mol. The minimum absolute atomic E-state index is 0.374. The van der Waals surface area contributed by atoms with Crippen LogP contribution in [0.1, 0.15) is 18.4 Å². The fraction of sp³-hybridized carbons (Fsp3) is 0.467. The number of anilines is 1. The van der Waals surface area contributed by atoms with Gasteiger partial charge in [0.1, 0.15) is 5.75 Å². The van der Waals surface area contributed by atoms with Crippen LogP contribution in [0.5, 0.6) is 5.75 Å². The molecule has 17 heavy (non-hydrogen) atoms. The minimum Gasteiger partial charge on any atom is -0.508 e. The SMILES string of the molecule is Cc1cc(NCC2CC3C=CC2C3)ccc1O. The minimum atomic E-state index is 0.374. The number of phenols is 1. The van der Waals surface area contributed by atoms with Crippen molar-refractivity contribution >= 4 is 5.69 Å². The molecule has 2 heteroatoms. The van der Waals surface area contributed by atoms with Crippen molar-refractivity contribution in [2.45, 2.75) is 19.8 Å². The van der Waals surface area contributed by atoms with E-state index in [4.69, 9.17) is 0 Å². The average Bonchev–Trinajstić information content (AvgIpc) is 2.92. The van der Waals surface area contributed by atoms with Gasteiger partial charge in [-0.1, -0.05) is 12.2 Å². The van der Waals surface area contributed by atoms with Crippen LogP contribution >= 0.6 is 0 Å². The Hall–Kier alpha value is -1.44. The number of fused-ring (bicyclic) bond motifs is 2. The summed E-state index contributed by atoms with van der Waals surface area (Å²) in [7, 11) is 0. The van der Waals surface area contributed by atoms with Crippen LogP contribution in [-0.2, 0) is 0 Å². The molecule has 0 amide bonds. The van der Waals surface area contributed by atoms with Gasteiger partial charge in [0.05, 0.1) is 0 Å². The molecule has 0 radical (unpaired) electrons. The van der Waals surface area contributed by atoms with Crippen LogP contribution in [0.2, 0.25) is 0 Å². The molecule has 1 saturated carbocycles. The molecule has 2 aliphatic rings. The smallest absolute Gasteiger partial charge is 0.118 e. The molecular formula is C15H19NO. The summed E-state index contributed by atoms with van der Waals surface area (Å²) >= 11 is 0. The third-order valence-corrected chi connectivity index (χ3v) is 4.18. The Morgan fingerprint density at radius 2 is 2.18 bits per heavy atom. The molecule has 0 saturated heterocycles. The zero-order valence-corrected chi connectivity index (χ0v) is 10.2. The molecule has 2 bridgehead atoms. The molecule has 1 fully saturated rings. The summed E-state index contributed by atoms with van der Waals surface area (Å²) in [6, 6.07) is 5.72. The standard InChI is InChI=1S/C15H19NO/c1-10-6-14(4-5-15(10)17)16-9-13-8-11-2-3-12(13)7-11/h2-6,11-13,16-17H,7-9H2,1H3. The molecule has 3 atom stereocenters. The highest BCUT2D eigenvalue weighted by molar-refractivity contribution is 5.50. The van der Waals surface area contributed by atoms with Crippen molar-refractivity contribution < 1.29 is 5.11 Å². The average molecular weight is 229 g/mol. The van der Waals surface area contributed by atoms with Crippen LogP contribution in [0.15, 0.2) is 30.4 Å². The highest BCUT2D eigenvalue weighted by Gasteiger charge is 2.35. The number of nitrogens with one attached hydrogen (secondary N) is 1. The largest absolute Gasteiger partial charge is 0.508 e. The number of hydrogen-bond donors (Lipinski definition) is 2. The zero-order valence-electron chi connectivity index (χ0n) is 10.2. The maximum Gasteiger partial charge on any atom is 0.118 e. The Morgan fingerprint density at radius 3 is 2.82 bits per heavy atom. The van der Waals surface area contributed by atoms with Crippen molar-refractivity contribution in [2.24, 2.45) is 17.8 Å². The Bertz CT molecular complexity index is 452. The lowest BCUT2D eigenvalue weighted by Gasteiger charge is -2.19. The molecule has 2 nitrogen and oxygen atoms in total. The second-order valence-corrected chi connectivity index (χ2v) is 5.42. The topological polar surface area (TPSA) is 32.3 Å². The van der Waals surface area contributed by atoms with Crippen LogP contribution in [0.25, 0.3) is 0 Å². The van der Waals surface area contributed by atoms with Crippen LogP contribution in [0, 0.1) is 24.7 Å². The maximum atomic E-state index is 9.47. The van der Waals surface area contributed by atoms with E-state index in [0.717, 1.165) is 35.5 Å². The van der Waals surface area contributed by atoms with Crippen molar-refractivity contribution in [3.8, 4) is 5.75 Å². The second-order valence-electron chi connectivity index (χ2n) is 5.42. The normalized spacial score (nSPS) is 29.8. The van der Waals surface area contributed by atoms with Gasteiger partial charge in [-0.2, -0.15) is 0 Å². The van der Waals surface area contributed by atoms with E-state index in [2.05, 4.69) is 17.5 Å². The molecule has 0 spiro atoms. The Kier molecular flexibility index (Phi) is 2.58. The predicted octanol–water partition coefficient (Wildman–Crippen LogP) is 3.32. The summed E-state index contributed by atoms with van der Waals surface area (Å²) in [5.41, 5.74) is 2.05. The number of rotatable bonds is 3. The van der Waals surface area contributed by atoms with Crippen LogP contribution in [0.3, 0.4) is 0 Å². The molecule has 2 N–H and O–H groups in total. The van der Waals surface area contributed by atoms with E-state index >= 15 is 0 Å². The molecule has 3 rings (SSSR count). The van der Waals surface area contributed by atoms with E-state index in [0.29, 0.717) is 5.75 Å². The fourth-order valence-corrected chi connectivity index (χ4v) is 3.14. The van der Waals surface area contributed by atoms with E-state index in [1.54, 1.807) is 6.07 Å². The molecule has 0 heterocycles. The van der Waals surface area contributed by atoms with Gasteiger partial charge in [0.2, 0.25) is 0 Å². The Balaban J connectivity index is 1.61. The van der Waals surface area contributed by atoms with Gasteiger partial charge in [0.15, 0.2) is 0 Å². The van der Waals surface area contributed by atoms with Crippen LogP contribution < -0.4 is 5.32 Å². The van der Waals surface area contributed by atoms with Gasteiger partial charge in [0.25, 0.3) is 0 Å².